The van der Waals surface area contributed by atoms with Crippen LogP contribution in [0.1, 0.15) is 39.0 Å². The SMILES string of the molecule is CC12CC3=CC14CC4(CC(OC(O)C(F)(F)F)C3)C2. The molecule has 5 atom stereocenters. The summed E-state index contributed by atoms with van der Waals surface area (Å²) in [5.41, 5.74) is 2.03. The van der Waals surface area contributed by atoms with Crippen LogP contribution in [-0.4, -0.2) is 23.7 Å². The normalized spacial score (nSPS) is 51.8. The summed E-state index contributed by atoms with van der Waals surface area (Å²) >= 11 is 0. The van der Waals surface area contributed by atoms with Crippen molar-refractivity contribution in [1.29, 1.82) is 0 Å². The number of rotatable bonds is 2. The van der Waals surface area contributed by atoms with Gasteiger partial charge in [0.25, 0.3) is 6.29 Å². The molecule has 0 aromatic heterocycles. The summed E-state index contributed by atoms with van der Waals surface area (Å²) in [6, 6.07) is 0. The van der Waals surface area contributed by atoms with Gasteiger partial charge in [-0.15, -0.1) is 0 Å². The van der Waals surface area contributed by atoms with E-state index in [4.69, 9.17) is 9.84 Å². The summed E-state index contributed by atoms with van der Waals surface area (Å²) in [5.74, 6) is 0. The highest BCUT2D eigenvalue weighted by molar-refractivity contribution is 5.46. The Labute approximate surface area is 109 Å². The van der Waals surface area contributed by atoms with Crippen LogP contribution in [0.15, 0.2) is 11.6 Å². The van der Waals surface area contributed by atoms with E-state index >= 15 is 0 Å². The van der Waals surface area contributed by atoms with Gasteiger partial charge in [-0.2, -0.15) is 13.2 Å². The number of allylic oxidation sites excluding steroid dienone is 1. The van der Waals surface area contributed by atoms with Gasteiger partial charge in [0.05, 0.1) is 6.10 Å². The highest BCUT2D eigenvalue weighted by atomic mass is 19.4. The van der Waals surface area contributed by atoms with Gasteiger partial charge in [0.1, 0.15) is 0 Å². The van der Waals surface area contributed by atoms with E-state index < -0.39 is 18.6 Å². The van der Waals surface area contributed by atoms with E-state index in [2.05, 4.69) is 13.0 Å². The fourth-order valence-electron chi connectivity index (χ4n) is 5.47. The standard InChI is InChI=1S/C14H17F3O2/c1-11-3-8-2-9(19-10(18)14(15,16)17)5-12(6-11)7-13(11,12)4-8/h4,9-10,18H,2-3,5-7H2,1H3. The third-order valence-electron chi connectivity index (χ3n) is 6.02. The smallest absolute Gasteiger partial charge is 0.361 e. The van der Waals surface area contributed by atoms with Crippen LogP contribution in [0.2, 0.25) is 0 Å². The van der Waals surface area contributed by atoms with Crippen LogP contribution in [0.4, 0.5) is 13.2 Å². The molecule has 106 valence electrons. The molecule has 5 heteroatoms. The van der Waals surface area contributed by atoms with Crippen molar-refractivity contribution in [3.05, 3.63) is 11.6 Å². The van der Waals surface area contributed by atoms with E-state index in [1.807, 2.05) is 0 Å². The molecular formula is C14H17F3O2. The Balaban J connectivity index is 1.53. The van der Waals surface area contributed by atoms with Crippen LogP contribution >= 0.6 is 0 Å². The molecule has 5 unspecified atom stereocenters. The second-order valence-electron chi connectivity index (χ2n) is 7.21. The zero-order chi connectivity index (χ0) is 13.7. The maximum Gasteiger partial charge on any atom is 0.439 e. The van der Waals surface area contributed by atoms with Gasteiger partial charge in [-0.1, -0.05) is 18.6 Å². The van der Waals surface area contributed by atoms with Crippen molar-refractivity contribution in [2.45, 2.75) is 57.6 Å². The molecule has 4 aliphatic rings. The average Bonchev–Trinajstić information content (AvgIpc) is 2.66. The van der Waals surface area contributed by atoms with Crippen LogP contribution in [0.5, 0.6) is 0 Å². The quantitative estimate of drug-likeness (QED) is 0.619. The topological polar surface area (TPSA) is 29.5 Å². The first-order valence-corrected chi connectivity index (χ1v) is 6.81. The molecule has 4 aliphatic carbocycles. The van der Waals surface area contributed by atoms with Gasteiger partial charge in [0.15, 0.2) is 0 Å². The molecule has 0 aromatic rings. The minimum Gasteiger partial charge on any atom is -0.361 e. The minimum absolute atomic E-state index is 0.177. The largest absolute Gasteiger partial charge is 0.439 e. The zero-order valence-electron chi connectivity index (χ0n) is 10.8. The van der Waals surface area contributed by atoms with Gasteiger partial charge >= 0.3 is 6.18 Å². The molecule has 4 rings (SSSR count). The van der Waals surface area contributed by atoms with Crippen molar-refractivity contribution in [1.82, 2.24) is 0 Å². The van der Waals surface area contributed by atoms with Crippen molar-refractivity contribution >= 4 is 0 Å². The highest BCUT2D eigenvalue weighted by Crippen LogP contribution is 2.92. The average molecular weight is 274 g/mol. The van der Waals surface area contributed by atoms with Gasteiger partial charge in [-0.05, 0) is 42.9 Å². The van der Waals surface area contributed by atoms with Crippen LogP contribution in [-0.2, 0) is 4.74 Å². The molecule has 2 nitrogen and oxygen atoms in total. The van der Waals surface area contributed by atoms with Crippen LogP contribution < -0.4 is 0 Å². The summed E-state index contributed by atoms with van der Waals surface area (Å²) in [4.78, 5) is 0. The first-order chi connectivity index (χ1) is 8.70. The number of halogens is 3. The molecule has 0 radical (unpaired) electrons. The van der Waals surface area contributed by atoms with Crippen LogP contribution in [0.3, 0.4) is 0 Å². The molecule has 2 bridgehead atoms. The Bertz CT molecular complexity index is 486. The molecule has 0 heterocycles. The van der Waals surface area contributed by atoms with Crippen molar-refractivity contribution in [2.75, 3.05) is 0 Å². The Morgan fingerprint density at radius 3 is 2.84 bits per heavy atom. The zero-order valence-corrected chi connectivity index (χ0v) is 10.8. The van der Waals surface area contributed by atoms with E-state index in [0.29, 0.717) is 18.3 Å². The van der Waals surface area contributed by atoms with E-state index in [0.717, 1.165) is 19.3 Å². The predicted molar refractivity (Wildman–Crippen MR) is 61.1 cm³/mol. The molecule has 0 amide bonds. The summed E-state index contributed by atoms with van der Waals surface area (Å²) in [7, 11) is 0. The summed E-state index contributed by atoms with van der Waals surface area (Å²) < 4.78 is 42.0. The lowest BCUT2D eigenvalue weighted by Crippen LogP contribution is -2.45. The number of hydrogen-bond donors (Lipinski definition) is 1. The van der Waals surface area contributed by atoms with Crippen molar-refractivity contribution in [3.63, 3.8) is 0 Å². The molecule has 2 saturated carbocycles. The second kappa shape index (κ2) is 3.03. The molecular weight excluding hydrogens is 257 g/mol. The van der Waals surface area contributed by atoms with E-state index in [1.54, 1.807) is 0 Å². The van der Waals surface area contributed by atoms with E-state index in [-0.39, 0.29) is 10.8 Å². The first-order valence-electron chi connectivity index (χ1n) is 6.81. The molecule has 1 N–H and O–H groups in total. The number of aliphatic hydroxyl groups excluding tert-OH is 1. The number of alkyl halides is 3. The molecule has 0 saturated heterocycles. The van der Waals surface area contributed by atoms with Gasteiger partial charge in [0.2, 0.25) is 0 Å². The lowest BCUT2D eigenvalue weighted by atomic mass is 9.54. The molecule has 0 aliphatic heterocycles. The number of aliphatic hydroxyl groups is 1. The molecule has 0 aromatic carbocycles. The van der Waals surface area contributed by atoms with Crippen molar-refractivity contribution in [3.8, 4) is 0 Å². The second-order valence-corrected chi connectivity index (χ2v) is 7.21. The minimum atomic E-state index is -4.69. The number of hydrogen-bond acceptors (Lipinski definition) is 2. The highest BCUT2D eigenvalue weighted by Gasteiger charge is 2.84. The summed E-state index contributed by atoms with van der Waals surface area (Å²) in [5, 5.41) is 9.08. The van der Waals surface area contributed by atoms with Gasteiger partial charge in [-0.25, -0.2) is 0 Å². The summed E-state index contributed by atoms with van der Waals surface area (Å²) in [6.45, 7) is 2.30. The fraction of sp³-hybridized carbons (Fsp3) is 0.857. The van der Waals surface area contributed by atoms with Crippen LogP contribution in [0, 0.1) is 16.2 Å². The van der Waals surface area contributed by atoms with Gasteiger partial charge < -0.3 is 9.84 Å². The first kappa shape index (κ1) is 12.2. The predicted octanol–water partition coefficient (Wildman–Crippen LogP) is 3.16. The Kier molecular flexibility index (Phi) is 1.95. The lowest BCUT2D eigenvalue weighted by Gasteiger charge is -2.50. The molecule has 19 heavy (non-hydrogen) atoms. The maximum absolute atomic E-state index is 12.4. The monoisotopic (exact) mass is 274 g/mol. The Morgan fingerprint density at radius 1 is 1.42 bits per heavy atom. The van der Waals surface area contributed by atoms with Crippen molar-refractivity contribution in [2.24, 2.45) is 16.2 Å². The van der Waals surface area contributed by atoms with Crippen LogP contribution in [0.25, 0.3) is 0 Å². The Hall–Kier alpha value is -0.550. The maximum atomic E-state index is 12.4. The van der Waals surface area contributed by atoms with E-state index in [9.17, 15) is 13.2 Å². The van der Waals surface area contributed by atoms with Gasteiger partial charge in [0, 0.05) is 5.41 Å². The number of ether oxygens (including phenoxy) is 1. The fourth-order valence-corrected chi connectivity index (χ4v) is 5.47. The van der Waals surface area contributed by atoms with Gasteiger partial charge in [-0.3, -0.25) is 0 Å². The third-order valence-corrected chi connectivity index (χ3v) is 6.02. The molecule has 2 fully saturated rings. The Morgan fingerprint density at radius 2 is 2.16 bits per heavy atom. The van der Waals surface area contributed by atoms with Crippen molar-refractivity contribution < 1.29 is 23.0 Å². The molecule has 1 spiro atoms. The lowest BCUT2D eigenvalue weighted by molar-refractivity contribution is -0.308. The third kappa shape index (κ3) is 1.31. The summed E-state index contributed by atoms with van der Waals surface area (Å²) in [6.07, 6.45) is -1.10. The van der Waals surface area contributed by atoms with E-state index in [1.165, 1.54) is 5.57 Å².